The lowest BCUT2D eigenvalue weighted by Gasteiger charge is -2.21. The first kappa shape index (κ1) is 31.0. The summed E-state index contributed by atoms with van der Waals surface area (Å²) in [5.41, 5.74) is 5.70. The summed E-state index contributed by atoms with van der Waals surface area (Å²) in [6.07, 6.45) is 4.91. The van der Waals surface area contributed by atoms with Crippen molar-refractivity contribution in [2.45, 2.75) is 38.0 Å². The van der Waals surface area contributed by atoms with E-state index in [0.29, 0.717) is 27.6 Å². The van der Waals surface area contributed by atoms with E-state index in [2.05, 4.69) is 18.5 Å². The molecule has 3 aromatic rings. The average molecular weight is 631 g/mol. The highest BCUT2D eigenvalue weighted by Crippen LogP contribution is 2.27. The number of hydrogen-bond donors (Lipinski definition) is 1. The Morgan fingerprint density at radius 3 is 2.28 bits per heavy atom. The van der Waals surface area contributed by atoms with Crippen LogP contribution in [0, 0.1) is 0 Å². The van der Waals surface area contributed by atoms with Crippen LogP contribution in [-0.4, -0.2) is 43.9 Å². The van der Waals surface area contributed by atoms with Crippen LogP contribution in [0.25, 0.3) is 11.2 Å². The Hall–Kier alpha value is -2.50. The minimum absolute atomic E-state index is 0.0182. The average Bonchev–Trinajstić information content (AvgIpc) is 2.82. The Balaban J connectivity index is 2.40. The highest BCUT2D eigenvalue weighted by Gasteiger charge is 2.22. The van der Waals surface area contributed by atoms with Gasteiger partial charge in [0.2, 0.25) is 0 Å². The maximum atomic E-state index is 13.6. The second-order valence-corrected chi connectivity index (χ2v) is 11.5. The molecule has 9 nitrogen and oxygen atoms in total. The molecular formula is C25H27Cl4N7O2S. The van der Waals surface area contributed by atoms with Crippen molar-refractivity contribution in [2.75, 3.05) is 24.7 Å². The molecule has 0 fully saturated rings. The van der Waals surface area contributed by atoms with Gasteiger partial charge in [0.1, 0.15) is 15.8 Å². The number of rotatable bonds is 11. The minimum atomic E-state index is -0.811. The molecule has 3 aromatic heterocycles. The SMILES string of the molecule is C=C(Cl)/C=C(\C=C(/N)Cl)Cn1c(=O)c(=O)n(Cc2cc(Cl)nc(Cl)c2)c2c(N(C)C)nc(SCCCC)nc21. The fourth-order valence-electron chi connectivity index (χ4n) is 3.73. The van der Waals surface area contributed by atoms with Gasteiger partial charge in [0.15, 0.2) is 16.6 Å². The minimum Gasteiger partial charge on any atom is -0.389 e. The molecule has 2 N–H and O–H groups in total. The van der Waals surface area contributed by atoms with E-state index in [-0.39, 0.29) is 39.2 Å². The summed E-state index contributed by atoms with van der Waals surface area (Å²) in [6.45, 7) is 5.65. The van der Waals surface area contributed by atoms with Crippen LogP contribution in [0.15, 0.2) is 61.4 Å². The largest absolute Gasteiger partial charge is 0.389 e. The third kappa shape index (κ3) is 8.02. The molecule has 39 heavy (non-hydrogen) atoms. The Morgan fingerprint density at radius 2 is 1.72 bits per heavy atom. The lowest BCUT2D eigenvalue weighted by atomic mass is 10.2. The van der Waals surface area contributed by atoms with Crippen LogP contribution in [0.3, 0.4) is 0 Å². The van der Waals surface area contributed by atoms with Gasteiger partial charge >= 0.3 is 11.1 Å². The summed E-state index contributed by atoms with van der Waals surface area (Å²) in [7, 11) is 3.60. The summed E-state index contributed by atoms with van der Waals surface area (Å²) in [6, 6.07) is 3.15. The lowest BCUT2D eigenvalue weighted by Crippen LogP contribution is -2.43. The van der Waals surface area contributed by atoms with E-state index in [4.69, 9.17) is 62.1 Å². The van der Waals surface area contributed by atoms with Crippen molar-refractivity contribution in [1.29, 1.82) is 0 Å². The van der Waals surface area contributed by atoms with Gasteiger partial charge in [0, 0.05) is 24.9 Å². The Bertz CT molecular complexity index is 1560. The van der Waals surface area contributed by atoms with Crippen molar-refractivity contribution >= 4 is 75.1 Å². The third-order valence-electron chi connectivity index (χ3n) is 5.35. The zero-order valence-corrected chi connectivity index (χ0v) is 25.4. The smallest absolute Gasteiger partial charge is 0.318 e. The number of halogens is 4. The Kier molecular flexibility index (Phi) is 10.9. The van der Waals surface area contributed by atoms with Gasteiger partial charge in [0.05, 0.1) is 18.2 Å². The molecule has 3 heterocycles. The van der Waals surface area contributed by atoms with E-state index in [0.717, 1.165) is 18.6 Å². The molecule has 0 atom stereocenters. The van der Waals surface area contributed by atoms with Crippen LogP contribution in [-0.2, 0) is 13.1 Å². The van der Waals surface area contributed by atoms with Gasteiger partial charge in [0.25, 0.3) is 0 Å². The topological polar surface area (TPSA) is 112 Å². The Morgan fingerprint density at radius 1 is 1.08 bits per heavy atom. The zero-order valence-electron chi connectivity index (χ0n) is 21.5. The van der Waals surface area contributed by atoms with Crippen molar-refractivity contribution in [3.8, 4) is 0 Å². The normalized spacial score (nSPS) is 12.3. The number of thioether (sulfide) groups is 1. The lowest BCUT2D eigenvalue weighted by molar-refractivity contribution is 0.693. The van der Waals surface area contributed by atoms with Gasteiger partial charge in [-0.15, -0.1) is 0 Å². The monoisotopic (exact) mass is 629 g/mol. The fourth-order valence-corrected chi connectivity index (χ4v) is 5.44. The first-order valence-corrected chi connectivity index (χ1v) is 14.3. The summed E-state index contributed by atoms with van der Waals surface area (Å²) in [5.74, 6) is 1.24. The van der Waals surface area contributed by atoms with Crippen molar-refractivity contribution in [2.24, 2.45) is 5.73 Å². The molecule has 208 valence electrons. The summed E-state index contributed by atoms with van der Waals surface area (Å²) in [4.78, 5) is 42.4. The molecule has 0 aliphatic rings. The number of hydrogen-bond acceptors (Lipinski definition) is 8. The van der Waals surface area contributed by atoms with Crippen LogP contribution < -0.4 is 21.8 Å². The van der Waals surface area contributed by atoms with E-state index in [9.17, 15) is 9.59 Å². The number of anilines is 1. The molecular weight excluding hydrogens is 604 g/mol. The van der Waals surface area contributed by atoms with Crippen molar-refractivity contribution < 1.29 is 0 Å². The van der Waals surface area contributed by atoms with Crippen LogP contribution >= 0.6 is 58.2 Å². The maximum absolute atomic E-state index is 13.6. The summed E-state index contributed by atoms with van der Waals surface area (Å²) in [5, 5.41) is 0.936. The molecule has 0 unspecified atom stereocenters. The van der Waals surface area contributed by atoms with Crippen molar-refractivity contribution in [3.63, 3.8) is 0 Å². The molecule has 0 saturated heterocycles. The van der Waals surface area contributed by atoms with Gasteiger partial charge in [-0.05, 0) is 41.8 Å². The number of unbranched alkanes of at least 4 members (excludes halogenated alkanes) is 1. The van der Waals surface area contributed by atoms with Crippen LogP contribution in [0.5, 0.6) is 0 Å². The number of fused-ring (bicyclic) bond motifs is 1. The summed E-state index contributed by atoms with van der Waals surface area (Å²) >= 11 is 25.6. The molecule has 0 bridgehead atoms. The van der Waals surface area contributed by atoms with Gasteiger partial charge in [-0.1, -0.05) is 78.1 Å². The van der Waals surface area contributed by atoms with Gasteiger partial charge in [-0.2, -0.15) is 0 Å². The van der Waals surface area contributed by atoms with E-state index in [1.54, 1.807) is 31.1 Å². The molecule has 3 rings (SSSR count). The predicted octanol–water partition coefficient (Wildman–Crippen LogP) is 5.38. The van der Waals surface area contributed by atoms with Crippen LogP contribution in [0.2, 0.25) is 10.3 Å². The molecule has 14 heteroatoms. The van der Waals surface area contributed by atoms with Crippen LogP contribution in [0.4, 0.5) is 5.82 Å². The van der Waals surface area contributed by atoms with E-state index < -0.39 is 11.1 Å². The number of nitrogens with two attached hydrogens (primary N) is 1. The summed E-state index contributed by atoms with van der Waals surface area (Å²) < 4.78 is 2.59. The van der Waals surface area contributed by atoms with Gasteiger partial charge in [-0.25, -0.2) is 15.0 Å². The van der Waals surface area contributed by atoms with Crippen LogP contribution in [0.1, 0.15) is 25.3 Å². The molecule has 0 saturated carbocycles. The first-order valence-electron chi connectivity index (χ1n) is 11.8. The zero-order chi connectivity index (χ0) is 28.9. The van der Waals surface area contributed by atoms with E-state index in [1.165, 1.54) is 33.0 Å². The Labute approximate surface area is 249 Å². The predicted molar refractivity (Wildman–Crippen MR) is 163 cm³/mol. The quantitative estimate of drug-likeness (QED) is 0.0572. The number of allylic oxidation sites excluding steroid dienone is 4. The standard InChI is InChI=1S/C25H27Cl4N7O2S/c1-5-6-7-39-25-32-21(34(3)4)20-22(33-25)36(13-15(8-14(2)26)9-17(27)30)24(38)23(37)35(20)12-16-10-18(28)31-19(29)11-16/h8-11H,2,5-7,12-13,30H2,1,3-4H3/b15-8+,17-9-. The third-order valence-corrected chi connectivity index (χ3v) is 6.89. The van der Waals surface area contributed by atoms with Gasteiger partial charge in [-0.3, -0.25) is 18.7 Å². The maximum Gasteiger partial charge on any atom is 0.318 e. The fraction of sp³-hybridized carbons (Fsp3) is 0.320. The first-order chi connectivity index (χ1) is 18.4. The molecule has 0 aliphatic heterocycles. The number of nitrogens with zero attached hydrogens (tertiary/aromatic N) is 6. The molecule has 0 amide bonds. The van der Waals surface area contributed by atoms with E-state index >= 15 is 0 Å². The second kappa shape index (κ2) is 13.7. The highest BCUT2D eigenvalue weighted by molar-refractivity contribution is 7.99. The molecule has 0 aliphatic carbocycles. The molecule has 0 radical (unpaired) electrons. The second-order valence-electron chi connectivity index (χ2n) is 8.70. The highest BCUT2D eigenvalue weighted by atomic mass is 35.5. The van der Waals surface area contributed by atoms with E-state index in [1.807, 2.05) is 0 Å². The van der Waals surface area contributed by atoms with Crippen molar-refractivity contribution in [3.05, 3.63) is 83.2 Å². The number of pyridine rings is 1. The molecule has 0 spiro atoms. The van der Waals surface area contributed by atoms with Gasteiger partial charge < -0.3 is 10.6 Å². The molecule has 0 aromatic carbocycles. The van der Waals surface area contributed by atoms with Crippen molar-refractivity contribution in [1.82, 2.24) is 24.1 Å². The number of aromatic nitrogens is 5.